The maximum atomic E-state index is 10.7. The molecule has 1 aliphatic heterocycles. The van der Waals surface area contributed by atoms with Crippen molar-refractivity contribution in [2.45, 2.75) is 45.0 Å². The van der Waals surface area contributed by atoms with Gasteiger partial charge in [0.15, 0.2) is 0 Å². The Morgan fingerprint density at radius 3 is 1.55 bits per heavy atom. The fraction of sp³-hybridized carbons (Fsp3) is 0.545. The van der Waals surface area contributed by atoms with E-state index in [2.05, 4.69) is 46.2 Å². The molecule has 16 heteroatoms. The summed E-state index contributed by atoms with van der Waals surface area (Å²) in [5, 5.41) is 0. The van der Waals surface area contributed by atoms with Crippen molar-refractivity contribution in [3.05, 3.63) is 61.9 Å². The first-order valence-electron chi connectivity index (χ1n) is 11.4. The molecule has 0 bridgehead atoms. The second-order valence-electron chi connectivity index (χ2n) is 7.63. The zero-order chi connectivity index (χ0) is 29.7. The molecule has 0 spiro atoms. The summed E-state index contributed by atoms with van der Waals surface area (Å²) < 4.78 is 89.3. The Balaban J connectivity index is 0. The van der Waals surface area contributed by atoms with Crippen molar-refractivity contribution >= 4 is 20.2 Å². The first-order chi connectivity index (χ1) is 17.5. The van der Waals surface area contributed by atoms with Crippen LogP contribution in [0, 0.1) is 0 Å². The zero-order valence-corrected chi connectivity index (χ0v) is 23.6. The molecular weight excluding hydrogens is 551 g/mol. The smallest absolute Gasteiger partial charge is 0.374 e. The fourth-order valence-corrected chi connectivity index (χ4v) is 2.67. The monoisotopic (exact) mass is 589 g/mol. The topological polar surface area (TPSA) is 148 Å². The lowest BCUT2D eigenvalue weighted by atomic mass is 10.3. The van der Waals surface area contributed by atoms with Crippen LogP contribution >= 0.6 is 0 Å². The molecule has 38 heavy (non-hydrogen) atoms. The van der Waals surface area contributed by atoms with Crippen molar-refractivity contribution in [1.82, 2.24) is 24.0 Å². The summed E-state index contributed by atoms with van der Waals surface area (Å²) >= 11 is 0. The lowest BCUT2D eigenvalue weighted by molar-refractivity contribution is -0.0510. The molecule has 0 unspecified atom stereocenters. The van der Waals surface area contributed by atoms with Gasteiger partial charge in [-0.1, -0.05) is 38.8 Å². The fourth-order valence-electron chi connectivity index (χ4n) is 2.01. The van der Waals surface area contributed by atoms with Crippen LogP contribution in [0.5, 0.6) is 0 Å². The Bertz CT molecular complexity index is 1050. The Morgan fingerprint density at radius 1 is 0.868 bits per heavy atom. The van der Waals surface area contributed by atoms with Crippen molar-refractivity contribution < 1.29 is 39.1 Å². The van der Waals surface area contributed by atoms with Crippen LogP contribution in [0.1, 0.15) is 39.5 Å². The lowest BCUT2D eigenvalue weighted by Crippen LogP contribution is -2.21. The average molecular weight is 590 g/mol. The molecule has 1 aliphatic rings. The molecule has 0 atom stereocenters. The van der Waals surface area contributed by atoms with E-state index in [4.69, 9.17) is 17.5 Å². The third-order valence-electron chi connectivity index (χ3n) is 4.00. The van der Waals surface area contributed by atoms with Gasteiger partial charge in [0, 0.05) is 52.0 Å². The highest BCUT2D eigenvalue weighted by Crippen LogP contribution is 2.20. The number of nitrogens with zero attached hydrogens (tertiary/aromatic N) is 5. The minimum absolute atomic E-state index is 0.108. The van der Waals surface area contributed by atoms with Crippen LogP contribution in [0.3, 0.4) is 0 Å². The number of imidazole rings is 2. The Hall–Kier alpha value is -2.69. The van der Waals surface area contributed by atoms with Gasteiger partial charge in [-0.3, -0.25) is 9.11 Å². The van der Waals surface area contributed by atoms with Crippen molar-refractivity contribution in [1.29, 1.82) is 0 Å². The van der Waals surface area contributed by atoms with E-state index in [0.717, 1.165) is 13.0 Å². The third kappa shape index (κ3) is 25.0. The second kappa shape index (κ2) is 20.3. The number of aromatic nitrogens is 4. The average Bonchev–Trinajstić information content (AvgIpc) is 3.50. The summed E-state index contributed by atoms with van der Waals surface area (Å²) in [6.45, 7) is 6.39. The summed E-state index contributed by atoms with van der Waals surface area (Å²) in [7, 11) is -5.65. The first kappa shape index (κ1) is 37.5. The number of hydrogen-bond acceptors (Lipinski definition) is 7. The Labute approximate surface area is 223 Å². The summed E-state index contributed by atoms with van der Waals surface area (Å²) in [4.78, 5) is 9.91. The predicted molar refractivity (Wildman–Crippen MR) is 140 cm³/mol. The van der Waals surface area contributed by atoms with E-state index in [9.17, 15) is 21.6 Å². The van der Waals surface area contributed by atoms with E-state index in [1.165, 1.54) is 19.4 Å². The molecule has 3 rings (SSSR count). The SMILES string of the molecule is CCCCN1C=CC=CC1.CCCCS(=O)(=O)O.Cn1ccnc1.Cn1ccnc1.O=S(=O)(O)C(F)(F)F. The van der Waals surface area contributed by atoms with E-state index in [1.807, 2.05) is 42.5 Å². The van der Waals surface area contributed by atoms with Crippen LogP contribution in [0.2, 0.25) is 0 Å². The maximum Gasteiger partial charge on any atom is 0.522 e. The summed E-state index contributed by atoms with van der Waals surface area (Å²) in [6.07, 6.45) is 23.2. The van der Waals surface area contributed by atoms with Gasteiger partial charge in [-0.25, -0.2) is 9.97 Å². The van der Waals surface area contributed by atoms with Crippen molar-refractivity contribution in [3.63, 3.8) is 0 Å². The standard InChI is InChI=1S/C9H15N.2C4H6N2.C4H10O3S.CHF3O3S/c1-2-3-7-10-8-5-4-6-9-10;2*1-6-3-2-5-4-6;1-2-3-4-8(5,6)7;2-1(3,4)8(5,6)7/h4-6,8H,2-3,7,9H2,1H3;2*2-4H,1H3;2-4H2,1H3,(H,5,6,7);(H,5,6,7). The van der Waals surface area contributed by atoms with Crippen LogP contribution in [0.25, 0.3) is 0 Å². The number of aryl methyl sites for hydroxylation is 2. The van der Waals surface area contributed by atoms with Gasteiger partial charge in [0.05, 0.1) is 18.4 Å². The second-order valence-corrected chi connectivity index (χ2v) is 10.6. The highest BCUT2D eigenvalue weighted by molar-refractivity contribution is 7.86. The van der Waals surface area contributed by atoms with E-state index in [-0.39, 0.29) is 5.75 Å². The number of rotatable bonds is 6. The molecular formula is C22H38F3N5O6S2. The van der Waals surface area contributed by atoms with Crippen LogP contribution in [-0.2, 0) is 34.3 Å². The zero-order valence-electron chi connectivity index (χ0n) is 21.9. The molecule has 3 heterocycles. The largest absolute Gasteiger partial charge is 0.522 e. The van der Waals surface area contributed by atoms with Gasteiger partial charge in [0.2, 0.25) is 0 Å². The van der Waals surface area contributed by atoms with Gasteiger partial charge in [-0.05, 0) is 25.1 Å². The highest BCUT2D eigenvalue weighted by Gasteiger charge is 2.44. The number of unbranched alkanes of at least 4 members (excludes halogenated alkanes) is 2. The summed E-state index contributed by atoms with van der Waals surface area (Å²) in [6, 6.07) is 0. The van der Waals surface area contributed by atoms with Crippen LogP contribution in [-0.4, -0.2) is 74.3 Å². The molecule has 0 amide bonds. The van der Waals surface area contributed by atoms with Gasteiger partial charge in [-0.2, -0.15) is 30.0 Å². The molecule has 0 aromatic carbocycles. The molecule has 0 saturated carbocycles. The minimum atomic E-state index is -5.84. The molecule has 0 saturated heterocycles. The molecule has 0 radical (unpaired) electrons. The summed E-state index contributed by atoms with van der Waals surface area (Å²) in [5.74, 6) is -0.108. The Morgan fingerprint density at radius 2 is 1.34 bits per heavy atom. The molecule has 0 fully saturated rings. The van der Waals surface area contributed by atoms with Crippen LogP contribution in [0.4, 0.5) is 13.2 Å². The molecule has 11 nitrogen and oxygen atoms in total. The first-order valence-corrected chi connectivity index (χ1v) is 14.5. The molecule has 2 N–H and O–H groups in total. The normalized spacial score (nSPS) is 12.5. The molecule has 2 aromatic heterocycles. The van der Waals surface area contributed by atoms with E-state index < -0.39 is 25.7 Å². The molecule has 220 valence electrons. The van der Waals surface area contributed by atoms with Crippen LogP contribution in [0.15, 0.2) is 61.9 Å². The molecule has 2 aromatic rings. The summed E-state index contributed by atoms with van der Waals surface area (Å²) in [5.41, 5.74) is -5.53. The third-order valence-corrected chi connectivity index (χ3v) is 5.39. The van der Waals surface area contributed by atoms with E-state index >= 15 is 0 Å². The maximum absolute atomic E-state index is 10.7. The molecule has 0 aliphatic carbocycles. The van der Waals surface area contributed by atoms with Crippen molar-refractivity contribution in [3.8, 4) is 0 Å². The quantitative estimate of drug-likeness (QED) is 0.376. The predicted octanol–water partition coefficient (Wildman–Crippen LogP) is 4.08. The number of alkyl halides is 3. The minimum Gasteiger partial charge on any atom is -0.374 e. The number of hydrogen-bond donors (Lipinski definition) is 2. The van der Waals surface area contributed by atoms with Gasteiger partial charge < -0.3 is 14.0 Å². The number of allylic oxidation sites excluding steroid dienone is 2. The van der Waals surface area contributed by atoms with Crippen molar-refractivity contribution in [2.24, 2.45) is 14.1 Å². The van der Waals surface area contributed by atoms with E-state index in [1.54, 1.807) is 25.0 Å². The Kier molecular flexibility index (Phi) is 20.0. The van der Waals surface area contributed by atoms with E-state index in [0.29, 0.717) is 6.42 Å². The van der Waals surface area contributed by atoms with Gasteiger partial charge in [0.25, 0.3) is 10.1 Å². The van der Waals surface area contributed by atoms with Crippen LogP contribution < -0.4 is 0 Å². The highest BCUT2D eigenvalue weighted by atomic mass is 32.2. The van der Waals surface area contributed by atoms with Gasteiger partial charge in [-0.15, -0.1) is 0 Å². The number of halogens is 3. The van der Waals surface area contributed by atoms with Gasteiger partial charge >= 0.3 is 15.6 Å². The lowest BCUT2D eigenvalue weighted by Gasteiger charge is -2.19. The van der Waals surface area contributed by atoms with Crippen molar-refractivity contribution in [2.75, 3.05) is 18.8 Å². The van der Waals surface area contributed by atoms with Gasteiger partial charge in [0.1, 0.15) is 0 Å².